The molecule has 48 heavy (non-hydrogen) atoms. The van der Waals surface area contributed by atoms with E-state index in [2.05, 4.69) is 24.9 Å². The maximum atomic E-state index is 15.3. The number of benzene rings is 3. The number of Topliss-reactive ketones (excluding diaryl/α,β-unsaturated/α-hetero) is 1. The maximum Gasteiger partial charge on any atom is 0.240 e. The van der Waals surface area contributed by atoms with Gasteiger partial charge in [0.25, 0.3) is 0 Å². The van der Waals surface area contributed by atoms with E-state index in [1.165, 1.54) is 45.4 Å². The molecule has 0 bridgehead atoms. The molecule has 252 valence electrons. The van der Waals surface area contributed by atoms with Crippen LogP contribution in [0.15, 0.2) is 65.7 Å². The minimum absolute atomic E-state index is 0.169. The number of nitrogens with zero attached hydrogens (tertiary/aromatic N) is 4. The zero-order valence-corrected chi connectivity index (χ0v) is 27.6. The van der Waals surface area contributed by atoms with Crippen LogP contribution in [0.2, 0.25) is 0 Å². The van der Waals surface area contributed by atoms with Crippen LogP contribution in [0.5, 0.6) is 11.5 Å². The zero-order chi connectivity index (χ0) is 34.0. The van der Waals surface area contributed by atoms with Gasteiger partial charge in [0.15, 0.2) is 5.78 Å². The number of piperidine rings is 1. The van der Waals surface area contributed by atoms with Gasteiger partial charge in [-0.15, -0.1) is 5.10 Å². The van der Waals surface area contributed by atoms with Gasteiger partial charge in [-0.25, -0.2) is 21.9 Å². The van der Waals surface area contributed by atoms with E-state index in [9.17, 15) is 17.6 Å². The number of ketones is 1. The third kappa shape index (κ3) is 6.82. The number of likely N-dealkylation sites (tertiary alicyclic amines) is 1. The molecule has 1 saturated heterocycles. The first-order chi connectivity index (χ1) is 23.1. The average molecular weight is 679 g/mol. The Balaban J connectivity index is 1.03. The number of fused-ring (bicyclic) bond motifs is 1. The predicted molar refractivity (Wildman–Crippen MR) is 177 cm³/mol. The Bertz CT molecular complexity index is 2050. The van der Waals surface area contributed by atoms with E-state index < -0.39 is 21.7 Å². The van der Waals surface area contributed by atoms with Crippen molar-refractivity contribution < 1.29 is 31.5 Å². The van der Waals surface area contributed by atoms with E-state index in [4.69, 9.17) is 9.47 Å². The second kappa shape index (κ2) is 13.8. The minimum Gasteiger partial charge on any atom is -0.496 e. The van der Waals surface area contributed by atoms with Gasteiger partial charge in [-0.2, -0.15) is 0 Å². The Hall–Kier alpha value is -4.66. The van der Waals surface area contributed by atoms with Crippen LogP contribution in [0.25, 0.3) is 33.3 Å². The Kier molecular flexibility index (Phi) is 9.58. The molecule has 0 spiro atoms. The standard InChI is InChI=1S/C34H36F2N6O5S/c1-21(43)34-32(26-17-23(35)7-10-28(26)38-34)29-20-42(40-39-29)19-22-11-14-41(15-12-22)16-13-37-48(44,45)24-8-9-25(27(36)18-24)33-30(46-2)5-4-6-31(33)47-3/h4-10,17-18,20,22,37-38H,11-16,19H2,1-3H3. The number of sulfonamides is 1. The number of aromatic amines is 1. The Morgan fingerprint density at radius 3 is 2.42 bits per heavy atom. The third-order valence-corrected chi connectivity index (χ3v) is 10.2. The fourth-order valence-corrected chi connectivity index (χ4v) is 7.29. The molecule has 2 N–H and O–H groups in total. The first kappa shape index (κ1) is 33.2. The van der Waals surface area contributed by atoms with Gasteiger partial charge in [-0.1, -0.05) is 11.3 Å². The van der Waals surface area contributed by atoms with Gasteiger partial charge in [0.05, 0.1) is 36.6 Å². The van der Waals surface area contributed by atoms with Crippen molar-refractivity contribution in [2.45, 2.75) is 31.2 Å². The number of H-pyrrole nitrogens is 1. The van der Waals surface area contributed by atoms with E-state index in [0.29, 0.717) is 63.9 Å². The third-order valence-electron chi connectivity index (χ3n) is 8.73. The lowest BCUT2D eigenvalue weighted by molar-refractivity contribution is 0.101. The van der Waals surface area contributed by atoms with Crippen LogP contribution in [0.3, 0.4) is 0 Å². The Labute approximate surface area is 276 Å². The van der Waals surface area contributed by atoms with E-state index in [-0.39, 0.29) is 22.8 Å². The van der Waals surface area contributed by atoms with Crippen LogP contribution in [-0.4, -0.2) is 79.5 Å². The maximum absolute atomic E-state index is 15.3. The fourth-order valence-electron chi connectivity index (χ4n) is 6.26. The van der Waals surface area contributed by atoms with Crippen molar-refractivity contribution in [1.29, 1.82) is 0 Å². The van der Waals surface area contributed by atoms with Crippen molar-refractivity contribution in [2.75, 3.05) is 40.4 Å². The Morgan fingerprint density at radius 1 is 1.02 bits per heavy atom. The lowest BCUT2D eigenvalue weighted by Gasteiger charge is -2.31. The summed E-state index contributed by atoms with van der Waals surface area (Å²) in [5.74, 6) is -0.160. The summed E-state index contributed by atoms with van der Waals surface area (Å²) in [6.45, 7) is 4.30. The molecule has 0 amide bonds. The summed E-state index contributed by atoms with van der Waals surface area (Å²) in [6, 6.07) is 13.2. The van der Waals surface area contributed by atoms with Crippen molar-refractivity contribution in [2.24, 2.45) is 5.92 Å². The topological polar surface area (TPSA) is 131 Å². The molecular formula is C34H36F2N6O5S. The van der Waals surface area contributed by atoms with Gasteiger partial charge in [0.1, 0.15) is 28.8 Å². The normalized spacial score (nSPS) is 14.4. The van der Waals surface area contributed by atoms with E-state index in [1.807, 2.05) is 0 Å². The molecule has 0 atom stereocenters. The first-order valence-corrected chi connectivity index (χ1v) is 17.0. The largest absolute Gasteiger partial charge is 0.496 e. The molecule has 11 nitrogen and oxygen atoms in total. The number of hydrogen-bond donors (Lipinski definition) is 2. The summed E-state index contributed by atoms with van der Waals surface area (Å²) in [4.78, 5) is 17.4. The highest BCUT2D eigenvalue weighted by atomic mass is 32.2. The van der Waals surface area contributed by atoms with E-state index in [1.54, 1.807) is 35.1 Å². The second-order valence-electron chi connectivity index (χ2n) is 11.8. The monoisotopic (exact) mass is 678 g/mol. The molecule has 1 aliphatic heterocycles. The quantitative estimate of drug-likeness (QED) is 0.171. The van der Waals surface area contributed by atoms with Crippen LogP contribution in [0, 0.1) is 17.6 Å². The average Bonchev–Trinajstić information content (AvgIpc) is 3.69. The summed E-state index contributed by atoms with van der Waals surface area (Å²) < 4.78 is 70.4. The van der Waals surface area contributed by atoms with Crippen LogP contribution < -0.4 is 14.2 Å². The molecule has 2 aromatic heterocycles. The fraction of sp³-hybridized carbons (Fsp3) is 0.324. The zero-order valence-electron chi connectivity index (χ0n) is 26.8. The highest BCUT2D eigenvalue weighted by molar-refractivity contribution is 7.89. The summed E-state index contributed by atoms with van der Waals surface area (Å²) in [6.07, 6.45) is 3.53. The van der Waals surface area contributed by atoms with Crippen molar-refractivity contribution in [3.63, 3.8) is 0 Å². The van der Waals surface area contributed by atoms with Gasteiger partial charge in [0, 0.05) is 48.6 Å². The molecule has 6 rings (SSSR count). The number of halogens is 2. The second-order valence-corrected chi connectivity index (χ2v) is 13.6. The lowest BCUT2D eigenvalue weighted by Crippen LogP contribution is -2.40. The molecule has 0 unspecified atom stereocenters. The Morgan fingerprint density at radius 2 is 1.75 bits per heavy atom. The summed E-state index contributed by atoms with van der Waals surface area (Å²) >= 11 is 0. The van der Waals surface area contributed by atoms with Crippen LogP contribution in [-0.2, 0) is 16.6 Å². The van der Waals surface area contributed by atoms with Crippen LogP contribution >= 0.6 is 0 Å². The number of carbonyl (C=O) groups is 1. The molecule has 0 aliphatic carbocycles. The number of hydrogen-bond acceptors (Lipinski definition) is 8. The molecule has 0 saturated carbocycles. The first-order valence-electron chi connectivity index (χ1n) is 15.5. The van der Waals surface area contributed by atoms with E-state index >= 15 is 4.39 Å². The van der Waals surface area contributed by atoms with Gasteiger partial charge in [-0.3, -0.25) is 9.48 Å². The molecule has 3 heterocycles. The van der Waals surface area contributed by atoms with Gasteiger partial charge in [-0.05, 0) is 80.4 Å². The number of aromatic nitrogens is 4. The van der Waals surface area contributed by atoms with Crippen molar-refractivity contribution in [3.05, 3.63) is 78.1 Å². The predicted octanol–water partition coefficient (Wildman–Crippen LogP) is 5.28. The number of ether oxygens (including phenoxy) is 2. The molecule has 1 fully saturated rings. The van der Waals surface area contributed by atoms with Crippen LogP contribution in [0.1, 0.15) is 30.3 Å². The number of methoxy groups -OCH3 is 2. The lowest BCUT2D eigenvalue weighted by atomic mass is 9.97. The summed E-state index contributed by atoms with van der Waals surface area (Å²) in [5, 5.41) is 9.16. The van der Waals surface area contributed by atoms with Crippen molar-refractivity contribution in [3.8, 4) is 33.9 Å². The van der Waals surface area contributed by atoms with Gasteiger partial charge < -0.3 is 19.4 Å². The highest BCUT2D eigenvalue weighted by Gasteiger charge is 2.24. The molecular weight excluding hydrogens is 642 g/mol. The smallest absolute Gasteiger partial charge is 0.240 e. The number of nitrogens with one attached hydrogen (secondary N) is 2. The van der Waals surface area contributed by atoms with Gasteiger partial charge in [0.2, 0.25) is 10.0 Å². The molecule has 0 radical (unpaired) electrons. The van der Waals surface area contributed by atoms with Crippen LogP contribution in [0.4, 0.5) is 8.78 Å². The molecule has 14 heteroatoms. The highest BCUT2D eigenvalue weighted by Crippen LogP contribution is 2.40. The number of carbonyl (C=O) groups excluding carboxylic acids is 1. The van der Waals surface area contributed by atoms with E-state index in [0.717, 1.165) is 32.0 Å². The SMILES string of the molecule is COc1cccc(OC)c1-c1ccc(S(=O)(=O)NCCN2CCC(Cn3cc(-c4c(C(C)=O)[nH]c5ccc(F)cc45)nn3)CC2)cc1F. The molecule has 5 aromatic rings. The minimum atomic E-state index is -3.95. The molecule has 1 aliphatic rings. The van der Waals surface area contributed by atoms with Crippen molar-refractivity contribution in [1.82, 2.24) is 29.6 Å². The van der Waals surface area contributed by atoms with Crippen molar-refractivity contribution >= 4 is 26.7 Å². The summed E-state index contributed by atoms with van der Waals surface area (Å²) in [7, 11) is -1.01. The summed E-state index contributed by atoms with van der Waals surface area (Å²) in [5.41, 5.74) is 2.62. The number of rotatable bonds is 12. The molecule has 3 aromatic carbocycles. The van der Waals surface area contributed by atoms with Gasteiger partial charge >= 0.3 is 0 Å².